The number of ether oxygens (including phenoxy) is 1. The van der Waals surface area contributed by atoms with Crippen molar-refractivity contribution in [3.63, 3.8) is 0 Å². The Kier molecular flexibility index (Phi) is 4.31. The summed E-state index contributed by atoms with van der Waals surface area (Å²) in [5.41, 5.74) is 3.57. The van der Waals surface area contributed by atoms with Gasteiger partial charge >= 0.3 is 0 Å². The van der Waals surface area contributed by atoms with Crippen molar-refractivity contribution in [1.29, 1.82) is 0 Å². The van der Waals surface area contributed by atoms with Crippen LogP contribution >= 0.6 is 11.3 Å². The molecule has 0 saturated carbocycles. The molecule has 0 radical (unpaired) electrons. The fraction of sp³-hybridized carbons (Fsp3) is 0.500. The number of carbonyl (C=O) groups is 1. The van der Waals surface area contributed by atoms with Crippen molar-refractivity contribution in [2.45, 2.75) is 32.1 Å². The molecule has 0 aromatic carbocycles. The van der Waals surface area contributed by atoms with Gasteiger partial charge in [-0.2, -0.15) is 0 Å². The second-order valence-corrected chi connectivity index (χ2v) is 6.07. The number of anilines is 1. The highest BCUT2D eigenvalue weighted by Crippen LogP contribution is 2.31. The minimum Gasteiger partial charge on any atom is -0.381 e. The van der Waals surface area contributed by atoms with Gasteiger partial charge in [0.15, 0.2) is 0 Å². The van der Waals surface area contributed by atoms with Crippen molar-refractivity contribution in [2.75, 3.05) is 18.5 Å². The van der Waals surface area contributed by atoms with E-state index in [1.165, 1.54) is 11.3 Å². The van der Waals surface area contributed by atoms with Gasteiger partial charge in [0, 0.05) is 35.8 Å². The van der Waals surface area contributed by atoms with Crippen molar-refractivity contribution < 1.29 is 14.1 Å². The first-order valence-corrected chi connectivity index (χ1v) is 7.83. The van der Waals surface area contributed by atoms with E-state index in [0.717, 1.165) is 42.2 Å². The zero-order valence-corrected chi connectivity index (χ0v) is 12.6. The lowest BCUT2D eigenvalue weighted by molar-refractivity contribution is -0.115. The van der Waals surface area contributed by atoms with E-state index in [1.807, 2.05) is 6.92 Å². The number of thiazole rings is 1. The molecule has 1 saturated heterocycles. The van der Waals surface area contributed by atoms with Crippen LogP contribution in [0, 0.1) is 6.92 Å². The number of rotatable bonds is 4. The molecule has 2 aromatic heterocycles. The predicted molar refractivity (Wildman–Crippen MR) is 78.5 cm³/mol. The van der Waals surface area contributed by atoms with Gasteiger partial charge in [-0.05, 0) is 19.8 Å². The number of amides is 1. The van der Waals surface area contributed by atoms with E-state index in [9.17, 15) is 4.79 Å². The maximum atomic E-state index is 12.0. The largest absolute Gasteiger partial charge is 0.381 e. The molecule has 112 valence electrons. The molecule has 0 spiro atoms. The van der Waals surface area contributed by atoms with Crippen LogP contribution in [0.4, 0.5) is 5.88 Å². The van der Waals surface area contributed by atoms with E-state index < -0.39 is 0 Å². The lowest BCUT2D eigenvalue weighted by Crippen LogP contribution is -2.16. The Morgan fingerprint density at radius 1 is 1.48 bits per heavy atom. The summed E-state index contributed by atoms with van der Waals surface area (Å²) in [6.07, 6.45) is 3.89. The Morgan fingerprint density at radius 2 is 2.29 bits per heavy atom. The van der Waals surface area contributed by atoms with Gasteiger partial charge in [-0.1, -0.05) is 5.16 Å². The first-order chi connectivity index (χ1) is 10.2. The summed E-state index contributed by atoms with van der Waals surface area (Å²) in [6, 6.07) is 0. The quantitative estimate of drug-likeness (QED) is 0.939. The van der Waals surface area contributed by atoms with Crippen molar-refractivity contribution >= 4 is 23.1 Å². The first kappa shape index (κ1) is 14.2. The van der Waals surface area contributed by atoms with Crippen LogP contribution in [0.25, 0.3) is 0 Å². The van der Waals surface area contributed by atoms with E-state index in [-0.39, 0.29) is 5.91 Å². The molecule has 2 aromatic rings. The van der Waals surface area contributed by atoms with Gasteiger partial charge in [-0.15, -0.1) is 11.3 Å². The highest BCUT2D eigenvalue weighted by molar-refractivity contribution is 7.09. The number of aromatic nitrogens is 2. The summed E-state index contributed by atoms with van der Waals surface area (Å²) in [5.74, 6) is 0.692. The van der Waals surface area contributed by atoms with Crippen LogP contribution in [0.15, 0.2) is 16.2 Å². The van der Waals surface area contributed by atoms with Gasteiger partial charge in [-0.3, -0.25) is 15.1 Å². The molecule has 3 heterocycles. The Balaban J connectivity index is 1.65. The molecule has 0 aliphatic carbocycles. The van der Waals surface area contributed by atoms with Crippen molar-refractivity contribution in [3.8, 4) is 0 Å². The Bertz CT molecular complexity index is 603. The molecular weight excluding hydrogens is 290 g/mol. The molecule has 1 N–H and O–H groups in total. The van der Waals surface area contributed by atoms with Crippen molar-refractivity contribution in [1.82, 2.24) is 10.1 Å². The van der Waals surface area contributed by atoms with Crippen LogP contribution in [0.1, 0.15) is 34.9 Å². The van der Waals surface area contributed by atoms with E-state index in [4.69, 9.17) is 9.26 Å². The third kappa shape index (κ3) is 3.30. The molecule has 1 aliphatic heterocycles. The molecule has 0 bridgehead atoms. The number of hydrogen-bond donors (Lipinski definition) is 1. The molecule has 7 heteroatoms. The van der Waals surface area contributed by atoms with E-state index >= 15 is 0 Å². The second-order valence-electron chi connectivity index (χ2n) is 5.10. The highest BCUT2D eigenvalue weighted by atomic mass is 32.1. The summed E-state index contributed by atoms with van der Waals surface area (Å²) >= 11 is 1.46. The maximum Gasteiger partial charge on any atom is 0.234 e. The fourth-order valence-electron chi connectivity index (χ4n) is 2.47. The van der Waals surface area contributed by atoms with Crippen LogP contribution in [0.2, 0.25) is 0 Å². The van der Waals surface area contributed by atoms with Gasteiger partial charge in [-0.25, -0.2) is 0 Å². The summed E-state index contributed by atoms with van der Waals surface area (Å²) in [4.78, 5) is 16.9. The Hall–Kier alpha value is -1.73. The SMILES string of the molecule is Cc1c(C2CCOCC2)noc1NC(=O)Cc1cncs1. The van der Waals surface area contributed by atoms with Gasteiger partial charge in [0.05, 0.1) is 17.6 Å². The normalized spacial score (nSPS) is 16.0. The molecule has 0 unspecified atom stereocenters. The number of carbonyl (C=O) groups excluding carboxylic acids is 1. The molecule has 6 nitrogen and oxygen atoms in total. The fourth-order valence-corrected chi connectivity index (χ4v) is 3.07. The molecular formula is C14H17N3O3S. The predicted octanol–water partition coefficient (Wildman–Crippen LogP) is 2.51. The Morgan fingerprint density at radius 3 is 3.00 bits per heavy atom. The third-order valence-electron chi connectivity index (χ3n) is 3.64. The van der Waals surface area contributed by atoms with Gasteiger partial charge in [0.25, 0.3) is 0 Å². The average molecular weight is 307 g/mol. The average Bonchev–Trinajstić information content (AvgIpc) is 3.11. The molecule has 21 heavy (non-hydrogen) atoms. The smallest absolute Gasteiger partial charge is 0.234 e. The molecule has 1 aliphatic rings. The van der Waals surface area contributed by atoms with Crippen molar-refractivity contribution in [2.24, 2.45) is 0 Å². The Labute approximate surface area is 126 Å². The minimum absolute atomic E-state index is 0.114. The summed E-state index contributed by atoms with van der Waals surface area (Å²) in [7, 11) is 0. The summed E-state index contributed by atoms with van der Waals surface area (Å²) in [6.45, 7) is 3.44. The maximum absolute atomic E-state index is 12.0. The van der Waals surface area contributed by atoms with Crippen LogP contribution in [-0.2, 0) is 16.0 Å². The van der Waals surface area contributed by atoms with Crippen LogP contribution < -0.4 is 5.32 Å². The van der Waals surface area contributed by atoms with E-state index in [0.29, 0.717) is 18.2 Å². The standard InChI is InChI=1S/C14H17N3O3S/c1-9-13(10-2-4-19-5-3-10)17-20-14(9)16-12(18)6-11-7-15-8-21-11/h7-8,10H,2-6H2,1H3,(H,16,18). The molecule has 3 rings (SSSR count). The lowest BCUT2D eigenvalue weighted by Gasteiger charge is -2.20. The van der Waals surface area contributed by atoms with Crippen LogP contribution in [0.5, 0.6) is 0 Å². The van der Waals surface area contributed by atoms with E-state index in [2.05, 4.69) is 15.5 Å². The minimum atomic E-state index is -0.114. The topological polar surface area (TPSA) is 77.3 Å². The third-order valence-corrected chi connectivity index (χ3v) is 4.42. The molecule has 1 amide bonds. The monoisotopic (exact) mass is 307 g/mol. The van der Waals surface area contributed by atoms with Gasteiger partial charge in [0.2, 0.25) is 11.8 Å². The number of hydrogen-bond acceptors (Lipinski definition) is 6. The zero-order valence-electron chi connectivity index (χ0n) is 11.8. The number of nitrogens with zero attached hydrogens (tertiary/aromatic N) is 2. The van der Waals surface area contributed by atoms with Crippen molar-refractivity contribution in [3.05, 3.63) is 27.8 Å². The summed E-state index contributed by atoms with van der Waals surface area (Å²) < 4.78 is 10.7. The van der Waals surface area contributed by atoms with E-state index in [1.54, 1.807) is 11.7 Å². The molecule has 1 fully saturated rings. The van der Waals surface area contributed by atoms with Crippen LogP contribution in [0.3, 0.4) is 0 Å². The number of nitrogens with one attached hydrogen (secondary N) is 1. The molecule has 0 atom stereocenters. The first-order valence-electron chi connectivity index (χ1n) is 6.95. The lowest BCUT2D eigenvalue weighted by atomic mass is 9.94. The van der Waals surface area contributed by atoms with Gasteiger partial charge < -0.3 is 9.26 Å². The zero-order chi connectivity index (χ0) is 14.7. The van der Waals surface area contributed by atoms with Gasteiger partial charge in [0.1, 0.15) is 0 Å². The van der Waals surface area contributed by atoms with Crippen LogP contribution in [-0.4, -0.2) is 29.3 Å². The second kappa shape index (κ2) is 6.36. The summed E-state index contributed by atoms with van der Waals surface area (Å²) in [5, 5.41) is 6.92. The highest BCUT2D eigenvalue weighted by Gasteiger charge is 2.24.